The Labute approximate surface area is 143 Å². The first-order valence-electron chi connectivity index (χ1n) is 6.44. The number of carbonyl (C=O) groups excluding carboxylic acids is 2. The van der Waals surface area contributed by atoms with Gasteiger partial charge in [0, 0.05) is 11.1 Å². The number of hydrogen-bond acceptors (Lipinski definition) is 7. The lowest BCUT2D eigenvalue weighted by Crippen LogP contribution is -2.70. The Kier molecular flexibility index (Phi) is 4.21. The molecule has 0 aromatic carbocycles. The van der Waals surface area contributed by atoms with Crippen LogP contribution in [-0.2, 0) is 20.8 Å². The highest BCUT2D eigenvalue weighted by Gasteiger charge is 2.54. The first-order chi connectivity index (χ1) is 10.9. The standard InChI is InChI=1S/C12H11ClN4O4S2/c13-5-3-22-10-7(9(19)17(10)8(5)11(20)21)16-6(18)1-4-2-23-12(14)15-4/h2,7,10H,1,3H2,(H2,14,15)(H,16,18)(H,20,21)/t7-,10+/m1/s1. The maximum absolute atomic E-state index is 12.2. The van der Waals surface area contributed by atoms with Crippen molar-refractivity contribution >= 4 is 57.6 Å². The van der Waals surface area contributed by atoms with Crippen LogP contribution in [-0.4, -0.2) is 49.9 Å². The van der Waals surface area contributed by atoms with Crippen LogP contribution in [0.2, 0.25) is 0 Å². The van der Waals surface area contributed by atoms with Gasteiger partial charge in [0.2, 0.25) is 5.91 Å². The molecule has 0 bridgehead atoms. The molecule has 1 aromatic heterocycles. The number of fused-ring (bicyclic) bond motifs is 1. The van der Waals surface area contributed by atoms with Gasteiger partial charge >= 0.3 is 5.97 Å². The number of halogens is 1. The molecule has 0 aliphatic carbocycles. The molecule has 0 unspecified atom stereocenters. The van der Waals surface area contributed by atoms with Crippen molar-refractivity contribution in [1.29, 1.82) is 0 Å². The number of carboxylic acid groups (broad SMARTS) is 1. The van der Waals surface area contributed by atoms with E-state index in [0.29, 0.717) is 10.8 Å². The van der Waals surface area contributed by atoms with E-state index in [1.54, 1.807) is 5.38 Å². The summed E-state index contributed by atoms with van der Waals surface area (Å²) in [6.07, 6.45) is 0.0112. The first kappa shape index (κ1) is 16.1. The number of β-lactam (4-membered cyclic amide) rings is 1. The lowest BCUT2D eigenvalue weighted by atomic mass is 10.0. The molecule has 3 heterocycles. The molecule has 0 radical (unpaired) electrons. The Morgan fingerprint density at radius 1 is 1.57 bits per heavy atom. The van der Waals surface area contributed by atoms with Crippen LogP contribution in [0.3, 0.4) is 0 Å². The minimum absolute atomic E-state index is 0.0112. The number of nitrogen functional groups attached to an aromatic ring is 1. The van der Waals surface area contributed by atoms with Gasteiger partial charge in [0.1, 0.15) is 17.1 Å². The number of aromatic nitrogens is 1. The van der Waals surface area contributed by atoms with Crippen LogP contribution in [0.15, 0.2) is 16.1 Å². The molecular weight excluding hydrogens is 364 g/mol. The highest BCUT2D eigenvalue weighted by Crippen LogP contribution is 2.41. The smallest absolute Gasteiger partial charge is 0.353 e. The van der Waals surface area contributed by atoms with E-state index in [1.165, 1.54) is 23.1 Å². The van der Waals surface area contributed by atoms with Gasteiger partial charge in [-0.1, -0.05) is 11.6 Å². The summed E-state index contributed by atoms with van der Waals surface area (Å²) in [5, 5.41) is 13.5. The van der Waals surface area contributed by atoms with Crippen LogP contribution in [0.4, 0.5) is 5.13 Å². The molecule has 4 N–H and O–H groups in total. The molecule has 2 atom stereocenters. The van der Waals surface area contributed by atoms with Gasteiger partial charge in [0.15, 0.2) is 5.13 Å². The third-order valence-electron chi connectivity index (χ3n) is 3.35. The van der Waals surface area contributed by atoms with Crippen molar-refractivity contribution < 1.29 is 19.5 Å². The monoisotopic (exact) mass is 374 g/mol. The summed E-state index contributed by atoms with van der Waals surface area (Å²) in [6.45, 7) is 0. The van der Waals surface area contributed by atoms with E-state index in [9.17, 15) is 14.4 Å². The zero-order valence-electron chi connectivity index (χ0n) is 11.5. The van der Waals surface area contributed by atoms with Gasteiger partial charge in [-0.3, -0.25) is 14.5 Å². The van der Waals surface area contributed by atoms with Crippen molar-refractivity contribution in [2.24, 2.45) is 0 Å². The van der Waals surface area contributed by atoms with Crippen molar-refractivity contribution in [2.45, 2.75) is 17.8 Å². The molecule has 0 spiro atoms. The van der Waals surface area contributed by atoms with Gasteiger partial charge in [-0.2, -0.15) is 0 Å². The number of nitrogens with one attached hydrogen (secondary N) is 1. The lowest BCUT2D eigenvalue weighted by Gasteiger charge is -2.48. The van der Waals surface area contributed by atoms with Crippen LogP contribution >= 0.6 is 34.7 Å². The van der Waals surface area contributed by atoms with E-state index in [4.69, 9.17) is 22.4 Å². The van der Waals surface area contributed by atoms with E-state index in [2.05, 4.69) is 10.3 Å². The van der Waals surface area contributed by atoms with Crippen LogP contribution in [0.25, 0.3) is 0 Å². The van der Waals surface area contributed by atoms with Crippen LogP contribution in [0, 0.1) is 0 Å². The summed E-state index contributed by atoms with van der Waals surface area (Å²) in [5.41, 5.74) is 5.81. The van der Waals surface area contributed by atoms with Crippen LogP contribution in [0.1, 0.15) is 5.69 Å². The van der Waals surface area contributed by atoms with Crippen LogP contribution in [0.5, 0.6) is 0 Å². The number of carboxylic acids is 1. The fraction of sp³-hybridized carbons (Fsp3) is 0.333. The summed E-state index contributed by atoms with van der Waals surface area (Å²) in [5.74, 6) is -1.82. The fourth-order valence-electron chi connectivity index (χ4n) is 2.37. The lowest BCUT2D eigenvalue weighted by molar-refractivity contribution is -0.150. The number of hydrogen-bond donors (Lipinski definition) is 3. The van der Waals surface area contributed by atoms with E-state index < -0.39 is 23.3 Å². The highest BCUT2D eigenvalue weighted by molar-refractivity contribution is 8.00. The minimum Gasteiger partial charge on any atom is -0.477 e. The second kappa shape index (κ2) is 6.02. The molecular formula is C12H11ClN4O4S2. The Hall–Kier alpha value is -1.78. The Balaban J connectivity index is 1.66. The molecule has 1 fully saturated rings. The Morgan fingerprint density at radius 3 is 2.91 bits per heavy atom. The van der Waals surface area contributed by atoms with Gasteiger partial charge in [-0.15, -0.1) is 23.1 Å². The van der Waals surface area contributed by atoms with Crippen molar-refractivity contribution in [3.63, 3.8) is 0 Å². The fourth-order valence-corrected chi connectivity index (χ4v) is 4.49. The van der Waals surface area contributed by atoms with Crippen molar-refractivity contribution in [3.8, 4) is 0 Å². The number of amides is 2. The summed E-state index contributed by atoms with van der Waals surface area (Å²) in [6, 6.07) is -0.761. The number of rotatable bonds is 4. The number of nitrogens with two attached hydrogens (primary N) is 1. The molecule has 1 aromatic rings. The van der Waals surface area contributed by atoms with E-state index in [1.807, 2.05) is 0 Å². The summed E-state index contributed by atoms with van der Waals surface area (Å²) in [7, 11) is 0. The van der Waals surface area contributed by atoms with Gasteiger partial charge in [-0.05, 0) is 0 Å². The number of thioether (sulfide) groups is 1. The zero-order chi connectivity index (χ0) is 16.7. The summed E-state index contributed by atoms with van der Waals surface area (Å²) >= 11 is 8.42. The minimum atomic E-state index is -1.25. The molecule has 2 aliphatic heterocycles. The first-order valence-corrected chi connectivity index (χ1v) is 8.75. The van der Waals surface area contributed by atoms with Gasteiger partial charge in [0.05, 0.1) is 17.1 Å². The van der Waals surface area contributed by atoms with Gasteiger partial charge in [0.25, 0.3) is 5.91 Å². The third-order valence-corrected chi connectivity index (χ3v) is 5.83. The normalized spacial score (nSPS) is 23.3. The maximum Gasteiger partial charge on any atom is 0.353 e. The number of anilines is 1. The molecule has 3 rings (SSSR count). The zero-order valence-corrected chi connectivity index (χ0v) is 13.9. The number of nitrogens with zero attached hydrogens (tertiary/aromatic N) is 2. The van der Waals surface area contributed by atoms with Crippen molar-refractivity contribution in [2.75, 3.05) is 11.5 Å². The van der Waals surface area contributed by atoms with E-state index in [0.717, 1.165) is 4.90 Å². The quantitative estimate of drug-likeness (QED) is 0.643. The average molecular weight is 375 g/mol. The van der Waals surface area contributed by atoms with Crippen molar-refractivity contribution in [3.05, 3.63) is 21.8 Å². The molecule has 2 amide bonds. The summed E-state index contributed by atoms with van der Waals surface area (Å²) < 4.78 is 0. The van der Waals surface area contributed by atoms with Gasteiger partial charge in [-0.25, -0.2) is 9.78 Å². The predicted molar refractivity (Wildman–Crippen MR) is 85.8 cm³/mol. The largest absolute Gasteiger partial charge is 0.477 e. The van der Waals surface area contributed by atoms with E-state index >= 15 is 0 Å². The second-order valence-electron chi connectivity index (χ2n) is 4.87. The summed E-state index contributed by atoms with van der Waals surface area (Å²) in [4.78, 5) is 40.5. The second-order valence-corrected chi connectivity index (χ2v) is 7.32. The maximum atomic E-state index is 12.2. The molecule has 8 nitrogen and oxygen atoms in total. The van der Waals surface area contributed by atoms with E-state index in [-0.39, 0.29) is 28.8 Å². The number of carbonyl (C=O) groups is 3. The topological polar surface area (TPSA) is 126 Å². The van der Waals surface area contributed by atoms with Crippen molar-refractivity contribution in [1.82, 2.24) is 15.2 Å². The molecule has 23 heavy (non-hydrogen) atoms. The molecule has 1 saturated heterocycles. The van der Waals surface area contributed by atoms with Gasteiger partial charge < -0.3 is 16.2 Å². The molecule has 2 aliphatic rings. The number of aliphatic carboxylic acids is 1. The SMILES string of the molecule is Nc1nc(CC(=O)N[C@@H]2C(=O)N3C(C(=O)O)=C(Cl)CS[C@@H]23)cs1. The number of thiazole rings is 1. The third kappa shape index (κ3) is 2.89. The predicted octanol–water partition coefficient (Wildman–Crippen LogP) is 0.203. The Morgan fingerprint density at radius 2 is 2.30 bits per heavy atom. The molecule has 122 valence electrons. The Bertz CT molecular complexity index is 734. The molecule has 0 saturated carbocycles. The van der Waals surface area contributed by atoms with Crippen LogP contribution < -0.4 is 11.1 Å². The average Bonchev–Trinajstić information content (AvgIpc) is 2.89. The molecule has 11 heteroatoms. The highest BCUT2D eigenvalue weighted by atomic mass is 35.5.